The normalized spacial score (nSPS) is 20.5. The number of nitrogens with zero attached hydrogens (tertiary/aromatic N) is 2. The molecule has 6 nitrogen and oxygen atoms in total. The molecule has 1 N–H and O–H groups in total. The molecule has 0 bridgehead atoms. The van der Waals surface area contributed by atoms with Crippen LogP contribution in [0, 0.1) is 12.7 Å². The number of likely N-dealkylation sites (N-methyl/N-ethyl adjacent to an activating group) is 1. The molecule has 1 saturated heterocycles. The van der Waals surface area contributed by atoms with Crippen molar-refractivity contribution >= 4 is 29.2 Å². The number of anilines is 1. The van der Waals surface area contributed by atoms with Crippen LogP contribution in [0.15, 0.2) is 30.3 Å². The van der Waals surface area contributed by atoms with E-state index in [0.717, 1.165) is 17.5 Å². The first-order chi connectivity index (χ1) is 14.3. The Balaban J connectivity index is 1.64. The van der Waals surface area contributed by atoms with Crippen molar-refractivity contribution in [2.24, 2.45) is 0 Å². The molecular formula is C22H23ClFN3O3. The highest BCUT2D eigenvalue weighted by atomic mass is 35.5. The second-order valence-electron chi connectivity index (χ2n) is 7.83. The average Bonchev–Trinajstić information content (AvgIpc) is 2.69. The van der Waals surface area contributed by atoms with Crippen molar-refractivity contribution in [3.05, 3.63) is 52.3 Å². The van der Waals surface area contributed by atoms with Gasteiger partial charge < -0.3 is 19.9 Å². The van der Waals surface area contributed by atoms with E-state index in [1.54, 1.807) is 11.9 Å². The monoisotopic (exact) mass is 431 g/mol. The molecule has 2 atom stereocenters. The standard InChI is InChI=1S/C22H23ClFN3O3/c1-12-4-5-14-10-17(25-22(29)27-9-8-13(27)2)21(28)26(3)19(14)20(12)30-18-11-15(24)6-7-16(18)23/h4-7,11,13,17H,8-10H2,1-3H3,(H,25,29)/t13?,17-/m1/s1. The first-order valence-corrected chi connectivity index (χ1v) is 10.2. The molecule has 2 aromatic carbocycles. The van der Waals surface area contributed by atoms with E-state index in [1.165, 1.54) is 23.1 Å². The number of ether oxygens (including phenoxy) is 1. The molecule has 2 heterocycles. The molecule has 158 valence electrons. The molecule has 3 amide bonds. The summed E-state index contributed by atoms with van der Waals surface area (Å²) in [6, 6.07) is 6.99. The summed E-state index contributed by atoms with van der Waals surface area (Å²) in [6.45, 7) is 4.53. The van der Waals surface area contributed by atoms with E-state index in [1.807, 2.05) is 26.0 Å². The molecule has 0 spiro atoms. The fourth-order valence-electron chi connectivity index (χ4n) is 3.85. The predicted octanol–water partition coefficient (Wildman–Crippen LogP) is 4.27. The number of carbonyl (C=O) groups is 2. The number of carbonyl (C=O) groups excluding carboxylic acids is 2. The van der Waals surface area contributed by atoms with Crippen molar-refractivity contribution in [3.8, 4) is 11.5 Å². The molecule has 2 aromatic rings. The summed E-state index contributed by atoms with van der Waals surface area (Å²) in [7, 11) is 1.64. The topological polar surface area (TPSA) is 61.9 Å². The lowest BCUT2D eigenvalue weighted by atomic mass is 9.95. The number of hydrogen-bond acceptors (Lipinski definition) is 3. The van der Waals surface area contributed by atoms with Crippen molar-refractivity contribution in [2.45, 2.75) is 38.8 Å². The lowest BCUT2D eigenvalue weighted by Gasteiger charge is -2.40. The van der Waals surface area contributed by atoms with Gasteiger partial charge in [-0.15, -0.1) is 0 Å². The van der Waals surface area contributed by atoms with E-state index in [-0.39, 0.29) is 28.8 Å². The Bertz CT molecular complexity index is 1030. The van der Waals surface area contributed by atoms with Crippen molar-refractivity contribution in [1.82, 2.24) is 10.2 Å². The highest BCUT2D eigenvalue weighted by Crippen LogP contribution is 2.42. The number of urea groups is 1. The predicted molar refractivity (Wildman–Crippen MR) is 113 cm³/mol. The van der Waals surface area contributed by atoms with Gasteiger partial charge in [-0.25, -0.2) is 9.18 Å². The second-order valence-corrected chi connectivity index (χ2v) is 8.24. The third-order valence-corrected chi connectivity index (χ3v) is 6.10. The van der Waals surface area contributed by atoms with E-state index in [2.05, 4.69) is 5.32 Å². The summed E-state index contributed by atoms with van der Waals surface area (Å²) < 4.78 is 19.7. The minimum absolute atomic E-state index is 0.177. The Morgan fingerprint density at radius 1 is 1.30 bits per heavy atom. The van der Waals surface area contributed by atoms with Crippen LogP contribution < -0.4 is 15.0 Å². The van der Waals surface area contributed by atoms with E-state index < -0.39 is 11.9 Å². The first kappa shape index (κ1) is 20.5. The van der Waals surface area contributed by atoms with Crippen molar-refractivity contribution in [1.29, 1.82) is 0 Å². The largest absolute Gasteiger partial charge is 0.453 e. The van der Waals surface area contributed by atoms with E-state index in [9.17, 15) is 14.0 Å². The van der Waals surface area contributed by atoms with Gasteiger partial charge >= 0.3 is 6.03 Å². The highest BCUT2D eigenvalue weighted by molar-refractivity contribution is 6.32. The maximum Gasteiger partial charge on any atom is 0.318 e. The molecule has 1 fully saturated rings. The molecule has 8 heteroatoms. The van der Waals surface area contributed by atoms with Crippen molar-refractivity contribution < 1.29 is 18.7 Å². The Hall–Kier alpha value is -2.80. The molecule has 0 aromatic heterocycles. The van der Waals surface area contributed by atoms with Gasteiger partial charge in [-0.3, -0.25) is 4.79 Å². The maximum absolute atomic E-state index is 13.7. The fraction of sp³-hybridized carbons (Fsp3) is 0.364. The van der Waals surface area contributed by atoms with Gasteiger partial charge in [0.05, 0.1) is 10.7 Å². The molecule has 4 rings (SSSR count). The van der Waals surface area contributed by atoms with Gasteiger partial charge in [0.15, 0.2) is 5.75 Å². The van der Waals surface area contributed by atoms with Gasteiger partial charge in [0.1, 0.15) is 17.6 Å². The molecule has 30 heavy (non-hydrogen) atoms. The summed E-state index contributed by atoms with van der Waals surface area (Å²) >= 11 is 6.16. The van der Waals surface area contributed by atoms with Crippen molar-refractivity contribution in [2.75, 3.05) is 18.5 Å². The Labute approximate surface area is 179 Å². The number of fused-ring (bicyclic) bond motifs is 1. The van der Waals surface area contributed by atoms with Gasteiger partial charge in [-0.2, -0.15) is 0 Å². The number of nitrogens with one attached hydrogen (secondary N) is 1. The number of likely N-dealkylation sites (tertiary alicyclic amines) is 1. The molecule has 0 saturated carbocycles. The summed E-state index contributed by atoms with van der Waals surface area (Å²) in [5.41, 5.74) is 2.24. The lowest BCUT2D eigenvalue weighted by Crippen LogP contribution is -2.59. The van der Waals surface area contributed by atoms with Crippen LogP contribution in [-0.2, 0) is 11.2 Å². The highest BCUT2D eigenvalue weighted by Gasteiger charge is 2.37. The summed E-state index contributed by atoms with van der Waals surface area (Å²) in [4.78, 5) is 28.7. The molecule has 0 aliphatic carbocycles. The SMILES string of the molecule is Cc1ccc2c(c1Oc1cc(F)ccc1Cl)N(C)C(=O)[C@H](NC(=O)N1CCC1C)C2. The minimum Gasteiger partial charge on any atom is -0.453 e. The maximum atomic E-state index is 13.7. The number of benzene rings is 2. The lowest BCUT2D eigenvalue weighted by molar-refractivity contribution is -0.120. The van der Waals surface area contributed by atoms with E-state index in [0.29, 0.717) is 24.4 Å². The molecular weight excluding hydrogens is 409 g/mol. The number of aryl methyl sites for hydroxylation is 1. The van der Waals surface area contributed by atoms with Crippen LogP contribution >= 0.6 is 11.6 Å². The zero-order valence-corrected chi connectivity index (χ0v) is 17.8. The smallest absolute Gasteiger partial charge is 0.318 e. The number of hydrogen-bond donors (Lipinski definition) is 1. The summed E-state index contributed by atoms with van der Waals surface area (Å²) in [5.74, 6) is -0.0812. The summed E-state index contributed by atoms with van der Waals surface area (Å²) in [5, 5.41) is 3.13. The van der Waals surface area contributed by atoms with Crippen LogP contribution in [0.4, 0.5) is 14.9 Å². The third-order valence-electron chi connectivity index (χ3n) is 5.78. The van der Waals surface area contributed by atoms with Gasteiger partial charge in [0, 0.05) is 32.1 Å². The quantitative estimate of drug-likeness (QED) is 0.789. The molecule has 1 unspecified atom stereocenters. The first-order valence-electron chi connectivity index (χ1n) is 9.86. The Morgan fingerprint density at radius 2 is 2.07 bits per heavy atom. The molecule has 2 aliphatic heterocycles. The van der Waals surface area contributed by atoms with Crippen LogP contribution in [0.3, 0.4) is 0 Å². The van der Waals surface area contributed by atoms with Gasteiger partial charge in [-0.05, 0) is 43.5 Å². The van der Waals surface area contributed by atoms with Crippen LogP contribution in [0.1, 0.15) is 24.5 Å². The van der Waals surface area contributed by atoms with Crippen LogP contribution in [0.5, 0.6) is 11.5 Å². The minimum atomic E-state index is -0.656. The van der Waals surface area contributed by atoms with Gasteiger partial charge in [-0.1, -0.05) is 23.7 Å². The number of halogens is 2. The average molecular weight is 432 g/mol. The summed E-state index contributed by atoms with van der Waals surface area (Å²) in [6.07, 6.45) is 1.32. The fourth-order valence-corrected chi connectivity index (χ4v) is 4.01. The third kappa shape index (κ3) is 3.58. The van der Waals surface area contributed by atoms with Crippen LogP contribution in [-0.4, -0.2) is 42.5 Å². The zero-order chi connectivity index (χ0) is 21.6. The molecule has 0 radical (unpaired) electrons. The van der Waals surface area contributed by atoms with Gasteiger partial charge in [0.2, 0.25) is 5.91 Å². The number of rotatable bonds is 3. The zero-order valence-electron chi connectivity index (χ0n) is 17.0. The Kier molecular flexibility index (Phi) is 5.32. The molecule has 2 aliphatic rings. The van der Waals surface area contributed by atoms with E-state index in [4.69, 9.17) is 16.3 Å². The van der Waals surface area contributed by atoms with Crippen LogP contribution in [0.2, 0.25) is 5.02 Å². The second kappa shape index (κ2) is 7.80. The van der Waals surface area contributed by atoms with Crippen molar-refractivity contribution in [3.63, 3.8) is 0 Å². The van der Waals surface area contributed by atoms with Crippen LogP contribution in [0.25, 0.3) is 0 Å². The van der Waals surface area contributed by atoms with E-state index >= 15 is 0 Å². The number of amides is 3. The Morgan fingerprint density at radius 3 is 2.73 bits per heavy atom. The van der Waals surface area contributed by atoms with Gasteiger partial charge in [0.25, 0.3) is 0 Å².